The summed E-state index contributed by atoms with van der Waals surface area (Å²) in [7, 11) is 2.03. The van der Waals surface area contributed by atoms with Crippen molar-refractivity contribution in [1.29, 1.82) is 0 Å². The van der Waals surface area contributed by atoms with Crippen LogP contribution < -0.4 is 5.32 Å². The zero-order chi connectivity index (χ0) is 12.5. The fourth-order valence-corrected chi connectivity index (χ4v) is 3.49. The number of aryl methyl sites for hydroxylation is 1. The number of hydrogen-bond donors (Lipinski definition) is 1. The molecule has 1 saturated heterocycles. The number of benzene rings is 1. The molecule has 18 heavy (non-hydrogen) atoms. The van der Waals surface area contributed by atoms with Gasteiger partial charge in [-0.2, -0.15) is 5.10 Å². The van der Waals surface area contributed by atoms with Crippen LogP contribution >= 0.6 is 15.9 Å². The largest absolute Gasteiger partial charge is 0.317 e. The lowest BCUT2D eigenvalue weighted by molar-refractivity contribution is 0.373. The van der Waals surface area contributed by atoms with Gasteiger partial charge < -0.3 is 5.32 Å². The average molecular weight is 308 g/mol. The average Bonchev–Trinajstić information content (AvgIpc) is 2.67. The summed E-state index contributed by atoms with van der Waals surface area (Å²) in [5, 5.41) is 9.12. The maximum absolute atomic E-state index is 4.46. The molecule has 3 nitrogen and oxygen atoms in total. The van der Waals surface area contributed by atoms with Crippen molar-refractivity contribution in [2.24, 2.45) is 13.0 Å². The Bertz CT molecular complexity index is 555. The molecule has 0 bridgehead atoms. The molecule has 4 heteroatoms. The monoisotopic (exact) mass is 307 g/mol. The van der Waals surface area contributed by atoms with Gasteiger partial charge >= 0.3 is 0 Å². The molecule has 0 atom stereocenters. The zero-order valence-electron chi connectivity index (χ0n) is 10.6. The summed E-state index contributed by atoms with van der Waals surface area (Å²) in [6.45, 7) is 2.32. The van der Waals surface area contributed by atoms with Crippen LogP contribution in [0.3, 0.4) is 0 Å². The van der Waals surface area contributed by atoms with E-state index in [1.807, 2.05) is 11.7 Å². The number of nitrogens with one attached hydrogen (secondary N) is 1. The summed E-state index contributed by atoms with van der Waals surface area (Å²) in [4.78, 5) is 0. The summed E-state index contributed by atoms with van der Waals surface area (Å²) < 4.78 is 2.95. The minimum Gasteiger partial charge on any atom is -0.317 e. The molecular formula is C14H18BrN3. The zero-order valence-corrected chi connectivity index (χ0v) is 12.2. The van der Waals surface area contributed by atoms with Gasteiger partial charge in [-0.1, -0.05) is 18.2 Å². The third kappa shape index (κ3) is 2.19. The number of hydrogen-bond acceptors (Lipinski definition) is 2. The molecule has 0 unspecified atom stereocenters. The van der Waals surface area contributed by atoms with Crippen LogP contribution in [0.15, 0.2) is 22.8 Å². The van der Waals surface area contributed by atoms with Gasteiger partial charge in [-0.3, -0.25) is 4.68 Å². The number of piperidine rings is 1. The van der Waals surface area contributed by atoms with Crippen molar-refractivity contribution in [2.75, 3.05) is 13.1 Å². The predicted molar refractivity (Wildman–Crippen MR) is 77.7 cm³/mol. The molecule has 0 spiro atoms. The van der Waals surface area contributed by atoms with E-state index in [4.69, 9.17) is 0 Å². The van der Waals surface area contributed by atoms with Gasteiger partial charge in [-0.15, -0.1) is 0 Å². The van der Waals surface area contributed by atoms with E-state index in [9.17, 15) is 0 Å². The third-order valence-corrected chi connectivity index (χ3v) is 4.46. The number of rotatable bonds is 2. The van der Waals surface area contributed by atoms with Crippen molar-refractivity contribution in [3.05, 3.63) is 28.4 Å². The fraction of sp³-hybridized carbons (Fsp3) is 0.500. The molecule has 1 aromatic heterocycles. The molecular weight excluding hydrogens is 290 g/mol. The van der Waals surface area contributed by atoms with Crippen LogP contribution in [0.5, 0.6) is 0 Å². The van der Waals surface area contributed by atoms with E-state index in [1.165, 1.54) is 35.7 Å². The molecule has 96 valence electrons. The standard InChI is InChI=1S/C14H18BrN3/c1-18-13-11(9-10-5-7-16-8-6-10)3-2-4-12(13)14(15)17-18/h2-4,10,16H,5-9H2,1H3. The van der Waals surface area contributed by atoms with Crippen molar-refractivity contribution in [3.63, 3.8) is 0 Å². The molecule has 2 aromatic rings. The highest BCUT2D eigenvalue weighted by Gasteiger charge is 2.17. The number of nitrogens with zero attached hydrogens (tertiary/aromatic N) is 2. The first-order valence-electron chi connectivity index (χ1n) is 6.56. The van der Waals surface area contributed by atoms with Crippen molar-refractivity contribution in [2.45, 2.75) is 19.3 Å². The van der Waals surface area contributed by atoms with E-state index in [0.717, 1.165) is 23.6 Å². The van der Waals surface area contributed by atoms with Crippen LogP contribution in [0.1, 0.15) is 18.4 Å². The molecule has 0 amide bonds. The summed E-state index contributed by atoms with van der Waals surface area (Å²) in [6.07, 6.45) is 3.75. The van der Waals surface area contributed by atoms with E-state index in [0.29, 0.717) is 0 Å². The Hall–Kier alpha value is -0.870. The lowest BCUT2D eigenvalue weighted by Crippen LogP contribution is -2.28. The molecule has 2 heterocycles. The summed E-state index contributed by atoms with van der Waals surface area (Å²) in [6, 6.07) is 6.53. The van der Waals surface area contributed by atoms with Crippen LogP contribution in [-0.4, -0.2) is 22.9 Å². The van der Waals surface area contributed by atoms with Gasteiger partial charge in [0.1, 0.15) is 4.60 Å². The molecule has 1 aromatic carbocycles. The highest BCUT2D eigenvalue weighted by molar-refractivity contribution is 9.10. The first kappa shape index (κ1) is 12.2. The first-order chi connectivity index (χ1) is 8.75. The number of fused-ring (bicyclic) bond motifs is 1. The molecule has 1 aliphatic rings. The van der Waals surface area contributed by atoms with Crippen LogP contribution in [0, 0.1) is 5.92 Å². The Morgan fingerprint density at radius 1 is 1.39 bits per heavy atom. The molecule has 1 N–H and O–H groups in total. The van der Waals surface area contributed by atoms with Gasteiger partial charge in [0.05, 0.1) is 5.52 Å². The molecule has 0 saturated carbocycles. The molecule has 3 rings (SSSR count). The van der Waals surface area contributed by atoms with Gasteiger partial charge in [0.25, 0.3) is 0 Å². The number of para-hydroxylation sites is 1. The lowest BCUT2D eigenvalue weighted by Gasteiger charge is -2.22. The smallest absolute Gasteiger partial charge is 0.135 e. The number of aromatic nitrogens is 2. The maximum Gasteiger partial charge on any atom is 0.135 e. The second kappa shape index (κ2) is 5.02. The minimum absolute atomic E-state index is 0.811. The van der Waals surface area contributed by atoms with E-state index in [-0.39, 0.29) is 0 Å². The molecule has 1 fully saturated rings. The normalized spacial score (nSPS) is 17.4. The SMILES string of the molecule is Cn1nc(Br)c2cccc(CC3CCNCC3)c21. The Balaban J connectivity index is 1.95. The summed E-state index contributed by atoms with van der Waals surface area (Å²) in [5.41, 5.74) is 2.71. The maximum atomic E-state index is 4.46. The first-order valence-corrected chi connectivity index (χ1v) is 7.36. The van der Waals surface area contributed by atoms with Crippen molar-refractivity contribution in [1.82, 2.24) is 15.1 Å². The summed E-state index contributed by atoms with van der Waals surface area (Å²) in [5.74, 6) is 0.811. The molecule has 1 aliphatic heterocycles. The van der Waals surface area contributed by atoms with E-state index < -0.39 is 0 Å². The molecule has 0 aliphatic carbocycles. The van der Waals surface area contributed by atoms with Crippen LogP contribution in [0.25, 0.3) is 10.9 Å². The predicted octanol–water partition coefficient (Wildman–Crippen LogP) is 2.88. The minimum atomic E-state index is 0.811. The molecule has 0 radical (unpaired) electrons. The van der Waals surface area contributed by atoms with Crippen LogP contribution in [0.4, 0.5) is 0 Å². The van der Waals surface area contributed by atoms with Crippen LogP contribution in [0.2, 0.25) is 0 Å². The Kier molecular flexibility index (Phi) is 3.39. The second-order valence-corrected chi connectivity index (χ2v) is 5.88. The van der Waals surface area contributed by atoms with Crippen molar-refractivity contribution < 1.29 is 0 Å². The van der Waals surface area contributed by atoms with Crippen molar-refractivity contribution in [3.8, 4) is 0 Å². The number of halogens is 1. The third-order valence-electron chi connectivity index (χ3n) is 3.87. The quantitative estimate of drug-likeness (QED) is 0.924. The second-order valence-electron chi connectivity index (χ2n) is 5.13. The van der Waals surface area contributed by atoms with Crippen LogP contribution in [-0.2, 0) is 13.5 Å². The van der Waals surface area contributed by atoms with Gasteiger partial charge in [-0.25, -0.2) is 0 Å². The van der Waals surface area contributed by atoms with Crippen molar-refractivity contribution >= 4 is 26.8 Å². The van der Waals surface area contributed by atoms with E-state index in [2.05, 4.69) is 44.5 Å². The fourth-order valence-electron chi connectivity index (χ4n) is 2.94. The Morgan fingerprint density at radius 3 is 2.94 bits per heavy atom. The van der Waals surface area contributed by atoms with E-state index in [1.54, 1.807) is 0 Å². The van der Waals surface area contributed by atoms with Gasteiger partial charge in [0.2, 0.25) is 0 Å². The topological polar surface area (TPSA) is 29.9 Å². The van der Waals surface area contributed by atoms with Gasteiger partial charge in [0.15, 0.2) is 0 Å². The highest BCUT2D eigenvalue weighted by atomic mass is 79.9. The Labute approximate surface area is 116 Å². The van der Waals surface area contributed by atoms with E-state index >= 15 is 0 Å². The summed E-state index contributed by atoms with van der Waals surface area (Å²) >= 11 is 3.54. The lowest BCUT2D eigenvalue weighted by atomic mass is 9.90. The highest BCUT2D eigenvalue weighted by Crippen LogP contribution is 2.28. The van der Waals surface area contributed by atoms with Gasteiger partial charge in [-0.05, 0) is 59.8 Å². The Morgan fingerprint density at radius 2 is 2.17 bits per heavy atom. The van der Waals surface area contributed by atoms with Gasteiger partial charge in [0, 0.05) is 12.4 Å².